The van der Waals surface area contributed by atoms with Gasteiger partial charge >= 0.3 is 0 Å². The molecule has 8 nitrogen and oxygen atoms in total. The monoisotopic (exact) mass is 385 g/mol. The molecule has 150 valence electrons. The molecule has 2 atom stereocenters. The lowest BCUT2D eigenvalue weighted by molar-refractivity contribution is -0.135. The minimum absolute atomic E-state index is 0.0297. The SMILES string of the molecule is CC(=O)O.Cc1nnc2n1[C@H](Cc1ccccc1)CN(C(=O)[C@H]1CCCN1)C2. The summed E-state index contributed by atoms with van der Waals surface area (Å²) in [7, 11) is 0. The summed E-state index contributed by atoms with van der Waals surface area (Å²) in [6.45, 7) is 5.29. The number of hydrogen-bond donors (Lipinski definition) is 2. The summed E-state index contributed by atoms with van der Waals surface area (Å²) in [5.41, 5.74) is 1.27. The molecule has 2 N–H and O–H groups in total. The number of carbonyl (C=O) groups excluding carboxylic acids is 1. The summed E-state index contributed by atoms with van der Waals surface area (Å²) < 4.78 is 2.21. The summed E-state index contributed by atoms with van der Waals surface area (Å²) in [5.74, 6) is 1.19. The third-order valence-corrected chi connectivity index (χ3v) is 5.05. The first-order valence-electron chi connectivity index (χ1n) is 9.61. The Morgan fingerprint density at radius 3 is 2.61 bits per heavy atom. The second-order valence-corrected chi connectivity index (χ2v) is 7.26. The number of carbonyl (C=O) groups is 2. The van der Waals surface area contributed by atoms with Gasteiger partial charge in [-0.3, -0.25) is 9.59 Å². The van der Waals surface area contributed by atoms with Gasteiger partial charge < -0.3 is 19.9 Å². The van der Waals surface area contributed by atoms with Gasteiger partial charge in [0.1, 0.15) is 5.82 Å². The molecule has 0 spiro atoms. The van der Waals surface area contributed by atoms with Crippen molar-refractivity contribution in [2.24, 2.45) is 0 Å². The number of aryl methyl sites for hydroxylation is 1. The van der Waals surface area contributed by atoms with Crippen LogP contribution < -0.4 is 5.32 Å². The van der Waals surface area contributed by atoms with Gasteiger partial charge in [0.2, 0.25) is 5.91 Å². The predicted molar refractivity (Wildman–Crippen MR) is 104 cm³/mol. The molecule has 0 unspecified atom stereocenters. The van der Waals surface area contributed by atoms with Gasteiger partial charge in [-0.05, 0) is 38.3 Å². The Balaban J connectivity index is 0.000000516. The van der Waals surface area contributed by atoms with E-state index in [1.54, 1.807) is 0 Å². The lowest BCUT2D eigenvalue weighted by Crippen LogP contribution is -2.48. The maximum atomic E-state index is 12.8. The number of carboxylic acids is 1. The van der Waals surface area contributed by atoms with Crippen LogP contribution in [0, 0.1) is 6.92 Å². The molecule has 0 aliphatic carbocycles. The van der Waals surface area contributed by atoms with Gasteiger partial charge in [-0.1, -0.05) is 30.3 Å². The van der Waals surface area contributed by atoms with E-state index in [-0.39, 0.29) is 18.0 Å². The minimum Gasteiger partial charge on any atom is -0.481 e. The van der Waals surface area contributed by atoms with Gasteiger partial charge in [0.25, 0.3) is 5.97 Å². The second kappa shape index (κ2) is 8.97. The van der Waals surface area contributed by atoms with Crippen molar-refractivity contribution in [1.29, 1.82) is 0 Å². The molecule has 2 aliphatic rings. The van der Waals surface area contributed by atoms with Gasteiger partial charge in [-0.15, -0.1) is 10.2 Å². The first-order chi connectivity index (χ1) is 13.5. The van der Waals surface area contributed by atoms with Gasteiger partial charge in [-0.25, -0.2) is 0 Å². The molecule has 1 amide bonds. The summed E-state index contributed by atoms with van der Waals surface area (Å²) >= 11 is 0. The molecule has 3 heterocycles. The Bertz CT molecular complexity index is 811. The number of rotatable bonds is 3. The Hall–Kier alpha value is -2.74. The first kappa shape index (κ1) is 20.0. The van der Waals surface area contributed by atoms with Crippen LogP contribution in [-0.4, -0.2) is 55.8 Å². The smallest absolute Gasteiger partial charge is 0.300 e. The van der Waals surface area contributed by atoms with E-state index in [2.05, 4.69) is 44.3 Å². The summed E-state index contributed by atoms with van der Waals surface area (Å²) in [5, 5.41) is 19.3. The number of aromatic nitrogens is 3. The van der Waals surface area contributed by atoms with E-state index < -0.39 is 5.97 Å². The topological polar surface area (TPSA) is 100 Å². The van der Waals surface area contributed by atoms with E-state index in [1.165, 1.54) is 5.56 Å². The fraction of sp³-hybridized carbons (Fsp3) is 0.500. The summed E-state index contributed by atoms with van der Waals surface area (Å²) in [4.78, 5) is 23.8. The molecular formula is C20H27N5O3. The minimum atomic E-state index is -0.833. The average Bonchev–Trinajstić information content (AvgIpc) is 3.32. The summed E-state index contributed by atoms with van der Waals surface area (Å²) in [6.07, 6.45) is 2.89. The fourth-order valence-electron chi connectivity index (χ4n) is 3.89. The molecule has 0 saturated carbocycles. The Morgan fingerprint density at radius 2 is 1.96 bits per heavy atom. The van der Waals surface area contributed by atoms with Gasteiger partial charge in [0.15, 0.2) is 5.82 Å². The molecule has 8 heteroatoms. The first-order valence-corrected chi connectivity index (χ1v) is 9.61. The average molecular weight is 385 g/mol. The van der Waals surface area contributed by atoms with Crippen LogP contribution in [0.4, 0.5) is 0 Å². The van der Waals surface area contributed by atoms with E-state index >= 15 is 0 Å². The van der Waals surface area contributed by atoms with Crippen LogP contribution in [-0.2, 0) is 22.6 Å². The quantitative estimate of drug-likeness (QED) is 0.832. The van der Waals surface area contributed by atoms with Crippen LogP contribution in [0.1, 0.15) is 43.0 Å². The van der Waals surface area contributed by atoms with E-state index in [4.69, 9.17) is 9.90 Å². The van der Waals surface area contributed by atoms with Crippen molar-refractivity contribution in [2.45, 2.75) is 51.7 Å². The highest BCUT2D eigenvalue weighted by Crippen LogP contribution is 2.26. The summed E-state index contributed by atoms with van der Waals surface area (Å²) in [6, 6.07) is 10.6. The number of benzene rings is 1. The Kier molecular flexibility index (Phi) is 6.41. The molecule has 28 heavy (non-hydrogen) atoms. The number of nitrogens with one attached hydrogen (secondary N) is 1. The van der Waals surface area contributed by atoms with Crippen molar-refractivity contribution in [3.8, 4) is 0 Å². The number of amides is 1. The van der Waals surface area contributed by atoms with E-state index in [0.29, 0.717) is 6.54 Å². The van der Waals surface area contributed by atoms with Crippen molar-refractivity contribution in [2.75, 3.05) is 13.1 Å². The number of hydrogen-bond acceptors (Lipinski definition) is 5. The number of nitrogens with zero attached hydrogens (tertiary/aromatic N) is 4. The van der Waals surface area contributed by atoms with Crippen molar-refractivity contribution >= 4 is 11.9 Å². The number of aliphatic carboxylic acids is 1. The fourth-order valence-corrected chi connectivity index (χ4v) is 3.89. The third kappa shape index (κ3) is 4.75. The van der Waals surface area contributed by atoms with Crippen LogP contribution in [0.2, 0.25) is 0 Å². The molecule has 2 aliphatic heterocycles. The Morgan fingerprint density at radius 1 is 1.25 bits per heavy atom. The standard InChI is InChI=1S/C18H23N5O.C2H4O2/c1-13-20-21-17-12-22(18(24)16-8-5-9-19-16)11-15(23(13)17)10-14-6-3-2-4-7-14;1-2(3)4/h2-4,6-7,15-16,19H,5,8-12H2,1H3;1H3,(H,3,4)/t15-,16-;/m1./s1. The lowest BCUT2D eigenvalue weighted by atomic mass is 10.0. The van der Waals surface area contributed by atoms with E-state index in [1.807, 2.05) is 17.9 Å². The molecule has 4 rings (SSSR count). The van der Waals surface area contributed by atoms with Crippen molar-refractivity contribution in [1.82, 2.24) is 25.0 Å². The van der Waals surface area contributed by atoms with Crippen molar-refractivity contribution in [3.05, 3.63) is 47.5 Å². The molecule has 1 aromatic carbocycles. The van der Waals surface area contributed by atoms with Crippen molar-refractivity contribution < 1.29 is 14.7 Å². The van der Waals surface area contributed by atoms with Crippen molar-refractivity contribution in [3.63, 3.8) is 0 Å². The molecule has 1 fully saturated rings. The third-order valence-electron chi connectivity index (χ3n) is 5.05. The van der Waals surface area contributed by atoms with Crippen LogP contribution in [0.25, 0.3) is 0 Å². The Labute approximate surface area is 164 Å². The van der Waals surface area contributed by atoms with Crippen LogP contribution in [0.15, 0.2) is 30.3 Å². The molecular weight excluding hydrogens is 358 g/mol. The van der Waals surface area contributed by atoms with E-state index in [9.17, 15) is 4.79 Å². The maximum Gasteiger partial charge on any atom is 0.300 e. The molecule has 1 saturated heterocycles. The lowest BCUT2D eigenvalue weighted by Gasteiger charge is -2.35. The van der Waals surface area contributed by atoms with Crippen LogP contribution in [0.5, 0.6) is 0 Å². The van der Waals surface area contributed by atoms with E-state index in [0.717, 1.165) is 50.9 Å². The van der Waals surface area contributed by atoms with Crippen LogP contribution >= 0.6 is 0 Å². The zero-order valence-electron chi connectivity index (χ0n) is 16.3. The molecule has 0 radical (unpaired) electrons. The predicted octanol–water partition coefficient (Wildman–Crippen LogP) is 1.56. The zero-order valence-corrected chi connectivity index (χ0v) is 16.3. The highest BCUT2D eigenvalue weighted by Gasteiger charge is 2.34. The highest BCUT2D eigenvalue weighted by molar-refractivity contribution is 5.82. The molecule has 1 aromatic heterocycles. The van der Waals surface area contributed by atoms with Crippen LogP contribution in [0.3, 0.4) is 0 Å². The van der Waals surface area contributed by atoms with Gasteiger partial charge in [-0.2, -0.15) is 0 Å². The second-order valence-electron chi connectivity index (χ2n) is 7.26. The van der Waals surface area contributed by atoms with Gasteiger partial charge in [0.05, 0.1) is 18.6 Å². The molecule has 0 bridgehead atoms. The zero-order chi connectivity index (χ0) is 20.1. The highest BCUT2D eigenvalue weighted by atomic mass is 16.4. The number of carboxylic acid groups (broad SMARTS) is 1. The van der Waals surface area contributed by atoms with Gasteiger partial charge in [0, 0.05) is 13.5 Å². The number of fused-ring (bicyclic) bond motifs is 1. The largest absolute Gasteiger partial charge is 0.481 e. The maximum absolute atomic E-state index is 12.8. The normalized spacial score (nSPS) is 20.9. The molecule has 2 aromatic rings.